The first kappa shape index (κ1) is 21.9. The molecule has 0 aliphatic carbocycles. The van der Waals surface area contributed by atoms with Gasteiger partial charge in [0.1, 0.15) is 0 Å². The van der Waals surface area contributed by atoms with Gasteiger partial charge in [0.15, 0.2) is 30.5 Å². The molecule has 29 heavy (non-hydrogen) atoms. The number of benzene rings is 1. The molecule has 2 N–H and O–H groups in total. The summed E-state index contributed by atoms with van der Waals surface area (Å²) in [6, 6.07) is 7.52. The Morgan fingerprint density at radius 2 is 1.86 bits per heavy atom. The van der Waals surface area contributed by atoms with Gasteiger partial charge >= 0.3 is 12.0 Å². The van der Waals surface area contributed by atoms with Crippen molar-refractivity contribution in [2.45, 2.75) is 13.5 Å². The maximum absolute atomic E-state index is 11.7. The summed E-state index contributed by atoms with van der Waals surface area (Å²) in [6.07, 6.45) is 0. The van der Waals surface area contributed by atoms with Crippen molar-refractivity contribution in [2.75, 3.05) is 20.3 Å². The van der Waals surface area contributed by atoms with Crippen LogP contribution in [0.15, 0.2) is 35.7 Å². The van der Waals surface area contributed by atoms with Crippen molar-refractivity contribution < 1.29 is 33.4 Å². The summed E-state index contributed by atoms with van der Waals surface area (Å²) in [7, 11) is 1.40. The van der Waals surface area contributed by atoms with Gasteiger partial charge in [-0.25, -0.2) is 9.59 Å². The monoisotopic (exact) mass is 420 g/mol. The number of methoxy groups -OCH3 is 1. The van der Waals surface area contributed by atoms with Gasteiger partial charge in [0, 0.05) is 10.4 Å². The number of urea groups is 1. The van der Waals surface area contributed by atoms with E-state index in [0.717, 1.165) is 4.88 Å². The van der Waals surface area contributed by atoms with Crippen LogP contribution in [0.3, 0.4) is 0 Å². The van der Waals surface area contributed by atoms with E-state index in [1.807, 2.05) is 17.5 Å². The number of Topliss-reactive ketones (excluding diaryl/α,β-unsaturated/α-hetero) is 1. The lowest BCUT2D eigenvalue weighted by atomic mass is 10.1. The van der Waals surface area contributed by atoms with Crippen LogP contribution in [0.1, 0.15) is 22.2 Å². The van der Waals surface area contributed by atoms with Gasteiger partial charge in [0.25, 0.3) is 5.91 Å². The fourth-order valence-electron chi connectivity index (χ4n) is 2.12. The predicted octanol–water partition coefficient (Wildman–Crippen LogP) is 1.91. The lowest BCUT2D eigenvalue weighted by Crippen LogP contribution is -2.41. The molecule has 0 atom stereocenters. The summed E-state index contributed by atoms with van der Waals surface area (Å²) < 4.78 is 15.2. The molecule has 9 nitrogen and oxygen atoms in total. The molecule has 3 amide bonds. The number of esters is 1. The van der Waals surface area contributed by atoms with E-state index in [1.54, 1.807) is 0 Å². The molecular weight excluding hydrogens is 400 g/mol. The van der Waals surface area contributed by atoms with Crippen LogP contribution in [0, 0.1) is 0 Å². The fourth-order valence-corrected chi connectivity index (χ4v) is 2.76. The van der Waals surface area contributed by atoms with Gasteiger partial charge in [-0.15, -0.1) is 11.3 Å². The summed E-state index contributed by atoms with van der Waals surface area (Å²) in [6.45, 7) is 0.595. The topological polar surface area (TPSA) is 120 Å². The van der Waals surface area contributed by atoms with E-state index in [2.05, 4.69) is 10.6 Å². The lowest BCUT2D eigenvalue weighted by Gasteiger charge is -2.11. The van der Waals surface area contributed by atoms with E-state index in [-0.39, 0.29) is 23.8 Å². The van der Waals surface area contributed by atoms with E-state index >= 15 is 0 Å². The second-order valence-corrected chi connectivity index (χ2v) is 6.71. The second-order valence-electron chi connectivity index (χ2n) is 5.68. The molecule has 154 valence electrons. The number of amides is 3. The number of ketones is 1. The summed E-state index contributed by atoms with van der Waals surface area (Å²) in [5.74, 6) is -1.19. The third kappa shape index (κ3) is 7.26. The van der Waals surface area contributed by atoms with Crippen LogP contribution in [-0.2, 0) is 20.9 Å². The van der Waals surface area contributed by atoms with Crippen molar-refractivity contribution in [1.29, 1.82) is 0 Å². The van der Waals surface area contributed by atoms with Crippen molar-refractivity contribution in [3.05, 3.63) is 46.2 Å². The molecule has 0 radical (unpaired) electrons. The zero-order valence-corrected chi connectivity index (χ0v) is 16.7. The van der Waals surface area contributed by atoms with Crippen LogP contribution in [-0.4, -0.2) is 44.0 Å². The predicted molar refractivity (Wildman–Crippen MR) is 104 cm³/mol. The molecule has 1 aromatic heterocycles. The molecule has 1 aromatic carbocycles. The number of carbonyl (C=O) groups is 4. The number of nitrogens with one attached hydrogen (secondary N) is 2. The van der Waals surface area contributed by atoms with Crippen molar-refractivity contribution in [2.24, 2.45) is 0 Å². The Labute approximate surface area is 170 Å². The molecule has 0 aliphatic rings. The largest absolute Gasteiger partial charge is 0.493 e. The first-order chi connectivity index (χ1) is 13.9. The van der Waals surface area contributed by atoms with Gasteiger partial charge in [-0.05, 0) is 36.6 Å². The molecule has 0 unspecified atom stereocenters. The van der Waals surface area contributed by atoms with Crippen molar-refractivity contribution in [1.82, 2.24) is 10.6 Å². The molecule has 0 fully saturated rings. The maximum Gasteiger partial charge on any atom is 0.344 e. The minimum absolute atomic E-state index is 0.139. The average molecular weight is 420 g/mol. The Kier molecular flexibility index (Phi) is 8.16. The minimum atomic E-state index is -0.808. The molecule has 1 heterocycles. The highest BCUT2D eigenvalue weighted by Gasteiger charge is 2.13. The van der Waals surface area contributed by atoms with Crippen LogP contribution >= 0.6 is 11.3 Å². The highest BCUT2D eigenvalue weighted by Crippen LogP contribution is 2.28. The highest BCUT2D eigenvalue weighted by molar-refractivity contribution is 7.09. The van der Waals surface area contributed by atoms with Gasteiger partial charge in [0.2, 0.25) is 0 Å². The van der Waals surface area contributed by atoms with Crippen LogP contribution in [0.5, 0.6) is 11.5 Å². The molecule has 10 heteroatoms. The van der Waals surface area contributed by atoms with Crippen LogP contribution in [0.25, 0.3) is 0 Å². The summed E-state index contributed by atoms with van der Waals surface area (Å²) in [4.78, 5) is 47.3. The quantitative estimate of drug-likeness (QED) is 0.470. The standard InChI is InChI=1S/C19H20N2O7S/c1-12(22)13-5-6-15(16(8-13)26-2)27-11-18(24)28-10-17(23)21-19(25)20-9-14-4-3-7-29-14/h3-8H,9-11H2,1-2H3,(H2,20,21,23,25). The number of thiophene rings is 1. The number of hydrogen-bond acceptors (Lipinski definition) is 8. The second kappa shape index (κ2) is 10.8. The van der Waals surface area contributed by atoms with Crippen LogP contribution in [0.2, 0.25) is 0 Å². The van der Waals surface area contributed by atoms with E-state index in [0.29, 0.717) is 5.56 Å². The zero-order chi connectivity index (χ0) is 21.2. The molecule has 0 saturated heterocycles. The Balaban J connectivity index is 1.71. The van der Waals surface area contributed by atoms with E-state index in [9.17, 15) is 19.2 Å². The number of carbonyl (C=O) groups excluding carboxylic acids is 4. The van der Waals surface area contributed by atoms with Gasteiger partial charge < -0.3 is 19.5 Å². The number of hydrogen-bond donors (Lipinski definition) is 2. The zero-order valence-electron chi connectivity index (χ0n) is 15.9. The van der Waals surface area contributed by atoms with E-state index in [4.69, 9.17) is 14.2 Å². The summed E-state index contributed by atoms with van der Waals surface area (Å²) in [5, 5.41) is 6.43. The normalized spacial score (nSPS) is 10.0. The van der Waals surface area contributed by atoms with Crippen molar-refractivity contribution in [3.63, 3.8) is 0 Å². The average Bonchev–Trinajstić information content (AvgIpc) is 3.22. The molecule has 0 saturated carbocycles. The number of imide groups is 1. The Morgan fingerprint density at radius 1 is 1.07 bits per heavy atom. The van der Waals surface area contributed by atoms with Crippen LogP contribution < -0.4 is 20.1 Å². The van der Waals surface area contributed by atoms with Gasteiger partial charge in [-0.3, -0.25) is 14.9 Å². The maximum atomic E-state index is 11.7. The lowest BCUT2D eigenvalue weighted by molar-refractivity contribution is -0.150. The number of rotatable bonds is 9. The Bertz CT molecular complexity index is 881. The molecule has 2 rings (SSSR count). The molecule has 0 bridgehead atoms. The number of ether oxygens (including phenoxy) is 3. The molecular formula is C19H20N2O7S. The third-order valence-electron chi connectivity index (χ3n) is 3.54. The molecule has 2 aromatic rings. The Hall–Kier alpha value is -3.40. The summed E-state index contributed by atoms with van der Waals surface area (Å²) in [5.41, 5.74) is 0.436. The highest BCUT2D eigenvalue weighted by atomic mass is 32.1. The first-order valence-corrected chi connectivity index (χ1v) is 9.34. The fraction of sp³-hybridized carbons (Fsp3) is 0.263. The van der Waals surface area contributed by atoms with Gasteiger partial charge in [-0.2, -0.15) is 0 Å². The van der Waals surface area contributed by atoms with E-state index in [1.165, 1.54) is 43.6 Å². The van der Waals surface area contributed by atoms with Gasteiger partial charge in [-0.1, -0.05) is 6.07 Å². The SMILES string of the molecule is COc1cc(C(C)=O)ccc1OCC(=O)OCC(=O)NC(=O)NCc1cccs1. The first-order valence-electron chi connectivity index (χ1n) is 8.46. The van der Waals surface area contributed by atoms with Crippen LogP contribution in [0.4, 0.5) is 4.79 Å². The van der Waals surface area contributed by atoms with E-state index < -0.39 is 31.1 Å². The Morgan fingerprint density at radius 3 is 2.52 bits per heavy atom. The van der Waals surface area contributed by atoms with Gasteiger partial charge in [0.05, 0.1) is 13.7 Å². The minimum Gasteiger partial charge on any atom is -0.493 e. The molecule has 0 spiro atoms. The van der Waals surface area contributed by atoms with Crippen molar-refractivity contribution >= 4 is 35.0 Å². The van der Waals surface area contributed by atoms with Crippen molar-refractivity contribution in [3.8, 4) is 11.5 Å². The third-order valence-corrected chi connectivity index (χ3v) is 4.41. The summed E-state index contributed by atoms with van der Waals surface area (Å²) >= 11 is 1.47. The smallest absolute Gasteiger partial charge is 0.344 e. The molecule has 0 aliphatic heterocycles.